The van der Waals surface area contributed by atoms with Crippen LogP contribution in [0.2, 0.25) is 0 Å². The van der Waals surface area contributed by atoms with Crippen LogP contribution in [-0.2, 0) is 4.79 Å². The molecule has 0 aromatic heterocycles. The van der Waals surface area contributed by atoms with Crippen molar-refractivity contribution < 1.29 is 28.2 Å². The molecule has 0 heterocycles. The zero-order valence-electron chi connectivity index (χ0n) is 9.88. The molecule has 0 saturated heterocycles. The number of carboxylic acids is 1. The Bertz CT molecular complexity index is 466. The van der Waals surface area contributed by atoms with E-state index in [1.54, 1.807) is 13.8 Å². The minimum atomic E-state index is -4.71. The zero-order valence-corrected chi connectivity index (χ0v) is 9.88. The summed E-state index contributed by atoms with van der Waals surface area (Å²) in [6, 6.07) is 2.40. The summed E-state index contributed by atoms with van der Waals surface area (Å²) in [5.74, 6) is -4.29. The smallest absolute Gasteiger partial charge is 0.396 e. The third-order valence-corrected chi connectivity index (χ3v) is 2.79. The van der Waals surface area contributed by atoms with Gasteiger partial charge < -0.3 is 10.2 Å². The topological polar surface area (TPSA) is 57.5 Å². The first-order chi connectivity index (χ1) is 8.12. The van der Waals surface area contributed by atoms with Gasteiger partial charge in [0, 0.05) is 5.56 Å². The number of phenolic OH excluding ortho intramolecular Hbond substituents is 1. The predicted molar refractivity (Wildman–Crippen MR) is 58.6 cm³/mol. The van der Waals surface area contributed by atoms with Gasteiger partial charge in [-0.3, -0.25) is 4.79 Å². The molecule has 1 aromatic rings. The Morgan fingerprint density at radius 3 is 2.22 bits per heavy atom. The lowest BCUT2D eigenvalue weighted by molar-refractivity contribution is -0.163. The Hall–Kier alpha value is -1.72. The normalized spacial score (nSPS) is 13.4. The zero-order chi connectivity index (χ0) is 14.1. The van der Waals surface area contributed by atoms with E-state index in [9.17, 15) is 23.1 Å². The Balaban J connectivity index is 3.29. The van der Waals surface area contributed by atoms with Crippen LogP contribution in [0.5, 0.6) is 5.75 Å². The van der Waals surface area contributed by atoms with E-state index in [4.69, 9.17) is 5.11 Å². The lowest BCUT2D eigenvalue weighted by Crippen LogP contribution is -2.24. The van der Waals surface area contributed by atoms with Crippen molar-refractivity contribution >= 4 is 5.97 Å². The van der Waals surface area contributed by atoms with Gasteiger partial charge in [0.25, 0.3) is 0 Å². The van der Waals surface area contributed by atoms with Crippen LogP contribution in [0.3, 0.4) is 0 Å². The molecule has 1 aromatic carbocycles. The molecule has 6 heteroatoms. The van der Waals surface area contributed by atoms with Crippen molar-refractivity contribution in [2.75, 3.05) is 0 Å². The van der Waals surface area contributed by atoms with Crippen LogP contribution in [0.1, 0.15) is 29.0 Å². The van der Waals surface area contributed by atoms with Crippen molar-refractivity contribution in [3.05, 3.63) is 28.8 Å². The van der Waals surface area contributed by atoms with Gasteiger partial charge in [-0.25, -0.2) is 0 Å². The van der Waals surface area contributed by atoms with E-state index in [1.165, 1.54) is 12.1 Å². The second-order valence-electron chi connectivity index (χ2n) is 4.19. The largest absolute Gasteiger partial charge is 0.508 e. The lowest BCUT2D eigenvalue weighted by Gasteiger charge is -2.21. The summed E-state index contributed by atoms with van der Waals surface area (Å²) in [6.07, 6.45) is -5.81. The van der Waals surface area contributed by atoms with Gasteiger partial charge in [0.1, 0.15) is 5.75 Å². The van der Waals surface area contributed by atoms with E-state index in [1.807, 2.05) is 0 Å². The number of benzene rings is 1. The monoisotopic (exact) mass is 262 g/mol. The molecule has 3 nitrogen and oxygen atoms in total. The highest BCUT2D eigenvalue weighted by molar-refractivity contribution is 5.68. The highest BCUT2D eigenvalue weighted by Crippen LogP contribution is 2.41. The highest BCUT2D eigenvalue weighted by Gasteiger charge is 2.43. The summed E-state index contributed by atoms with van der Waals surface area (Å²) in [4.78, 5) is 10.5. The number of hydrogen-bond donors (Lipinski definition) is 2. The van der Waals surface area contributed by atoms with Gasteiger partial charge in [0.15, 0.2) is 0 Å². The number of alkyl halides is 3. The average Bonchev–Trinajstić information content (AvgIpc) is 2.18. The van der Waals surface area contributed by atoms with Crippen molar-refractivity contribution in [2.24, 2.45) is 0 Å². The summed E-state index contributed by atoms with van der Waals surface area (Å²) in [6.45, 7) is 3.26. The van der Waals surface area contributed by atoms with E-state index < -0.39 is 35.8 Å². The van der Waals surface area contributed by atoms with Gasteiger partial charge in [-0.15, -0.1) is 0 Å². The van der Waals surface area contributed by atoms with Crippen molar-refractivity contribution in [1.82, 2.24) is 0 Å². The molecule has 18 heavy (non-hydrogen) atoms. The van der Waals surface area contributed by atoms with Gasteiger partial charge >= 0.3 is 12.1 Å². The van der Waals surface area contributed by atoms with Crippen LogP contribution in [-0.4, -0.2) is 22.4 Å². The molecule has 1 unspecified atom stereocenters. The molecule has 0 fully saturated rings. The number of aliphatic carboxylic acids is 1. The van der Waals surface area contributed by atoms with E-state index >= 15 is 0 Å². The van der Waals surface area contributed by atoms with Crippen molar-refractivity contribution in [3.63, 3.8) is 0 Å². The van der Waals surface area contributed by atoms with Crippen LogP contribution in [0.25, 0.3) is 0 Å². The van der Waals surface area contributed by atoms with Gasteiger partial charge in [0.05, 0.1) is 12.3 Å². The average molecular weight is 262 g/mol. The molecule has 0 radical (unpaired) electrons. The molecule has 1 atom stereocenters. The first-order valence-corrected chi connectivity index (χ1v) is 5.21. The SMILES string of the molecule is Cc1cc(O)c(C(CC(=O)O)C(F)(F)F)cc1C. The Labute approximate surface area is 102 Å². The number of aromatic hydroxyl groups is 1. The molecule has 100 valence electrons. The minimum absolute atomic E-state index is 0.395. The van der Waals surface area contributed by atoms with E-state index in [0.29, 0.717) is 11.1 Å². The third-order valence-electron chi connectivity index (χ3n) is 2.79. The summed E-state index contributed by atoms with van der Waals surface area (Å²) in [5.41, 5.74) is 0.822. The van der Waals surface area contributed by atoms with Gasteiger partial charge in [-0.1, -0.05) is 6.07 Å². The second kappa shape index (κ2) is 4.88. The summed E-state index contributed by atoms with van der Waals surface area (Å²) >= 11 is 0. The van der Waals surface area contributed by atoms with E-state index in [-0.39, 0.29) is 0 Å². The molecule has 0 bridgehead atoms. The molecule has 0 aliphatic carbocycles. The highest BCUT2D eigenvalue weighted by atomic mass is 19.4. The minimum Gasteiger partial charge on any atom is -0.508 e. The summed E-state index contributed by atoms with van der Waals surface area (Å²) in [7, 11) is 0. The maximum absolute atomic E-state index is 12.8. The first kappa shape index (κ1) is 14.3. The quantitative estimate of drug-likeness (QED) is 0.879. The number of rotatable bonds is 3. The lowest BCUT2D eigenvalue weighted by atomic mass is 9.91. The molecular weight excluding hydrogens is 249 g/mol. The standard InChI is InChI=1S/C12H13F3O3/c1-6-3-8(10(16)4-7(6)2)9(5-11(17)18)12(13,14)15/h3-4,9,16H,5H2,1-2H3,(H,17,18). The molecule has 0 saturated carbocycles. The Morgan fingerprint density at radius 1 is 1.28 bits per heavy atom. The molecule has 0 spiro atoms. The molecular formula is C12H13F3O3. The van der Waals surface area contributed by atoms with Crippen molar-refractivity contribution in [2.45, 2.75) is 32.4 Å². The molecule has 2 N–H and O–H groups in total. The Kier molecular flexibility index (Phi) is 3.88. The molecule has 0 aliphatic rings. The van der Waals surface area contributed by atoms with Crippen LogP contribution >= 0.6 is 0 Å². The van der Waals surface area contributed by atoms with Gasteiger partial charge in [-0.2, -0.15) is 13.2 Å². The predicted octanol–water partition coefficient (Wildman–Crippen LogP) is 3.13. The van der Waals surface area contributed by atoms with E-state index in [0.717, 1.165) is 0 Å². The number of carbonyl (C=O) groups is 1. The number of phenols is 1. The fourth-order valence-electron chi connectivity index (χ4n) is 1.68. The molecule has 0 aliphatic heterocycles. The van der Waals surface area contributed by atoms with Crippen molar-refractivity contribution in [1.29, 1.82) is 0 Å². The maximum atomic E-state index is 12.8. The molecule has 1 rings (SSSR count). The number of carboxylic acid groups (broad SMARTS) is 1. The summed E-state index contributed by atoms with van der Waals surface area (Å²) in [5, 5.41) is 18.1. The van der Waals surface area contributed by atoms with Crippen LogP contribution < -0.4 is 0 Å². The van der Waals surface area contributed by atoms with Crippen LogP contribution in [0.4, 0.5) is 13.2 Å². The second-order valence-corrected chi connectivity index (χ2v) is 4.19. The fraction of sp³-hybridized carbons (Fsp3) is 0.417. The number of halogens is 3. The van der Waals surface area contributed by atoms with E-state index in [2.05, 4.69) is 0 Å². The maximum Gasteiger partial charge on any atom is 0.396 e. The van der Waals surface area contributed by atoms with Crippen molar-refractivity contribution in [3.8, 4) is 5.75 Å². The van der Waals surface area contributed by atoms with Crippen LogP contribution in [0.15, 0.2) is 12.1 Å². The first-order valence-electron chi connectivity index (χ1n) is 5.21. The summed E-state index contributed by atoms with van der Waals surface area (Å²) < 4.78 is 38.4. The third kappa shape index (κ3) is 3.15. The van der Waals surface area contributed by atoms with Crippen LogP contribution in [0, 0.1) is 13.8 Å². The number of hydrogen-bond acceptors (Lipinski definition) is 2. The molecule has 0 amide bonds. The van der Waals surface area contributed by atoms with Gasteiger partial charge in [0.2, 0.25) is 0 Å². The number of aryl methyl sites for hydroxylation is 2. The fourth-order valence-corrected chi connectivity index (χ4v) is 1.68. The van der Waals surface area contributed by atoms with Gasteiger partial charge in [-0.05, 0) is 31.0 Å². The Morgan fingerprint density at radius 2 is 1.78 bits per heavy atom.